The summed E-state index contributed by atoms with van der Waals surface area (Å²) in [5, 5.41) is 12.0. The van der Waals surface area contributed by atoms with E-state index in [1.54, 1.807) is 7.11 Å². The highest BCUT2D eigenvalue weighted by Gasteiger charge is 2.45. The van der Waals surface area contributed by atoms with Crippen molar-refractivity contribution in [2.45, 2.75) is 71.3 Å². The van der Waals surface area contributed by atoms with E-state index in [1.807, 2.05) is 25.1 Å². The molecule has 0 bridgehead atoms. The lowest BCUT2D eigenvalue weighted by Crippen LogP contribution is -2.47. The molecule has 3 rings (SSSR count). The van der Waals surface area contributed by atoms with E-state index in [0.29, 0.717) is 11.8 Å². The molecule has 1 aliphatic carbocycles. The molecule has 138 valence electrons. The molecule has 0 amide bonds. The van der Waals surface area contributed by atoms with Crippen LogP contribution in [0.1, 0.15) is 71.5 Å². The summed E-state index contributed by atoms with van der Waals surface area (Å²) in [7, 11) is 1.67. The van der Waals surface area contributed by atoms with Crippen LogP contribution in [0.15, 0.2) is 28.7 Å². The fraction of sp³-hybridized carbons (Fsp3) is 0.636. The van der Waals surface area contributed by atoms with Gasteiger partial charge in [0.15, 0.2) is 0 Å². The maximum Gasteiger partial charge on any atom is 0.137 e. The van der Waals surface area contributed by atoms with Crippen molar-refractivity contribution in [3.05, 3.63) is 30.0 Å². The maximum absolute atomic E-state index is 10.9. The van der Waals surface area contributed by atoms with Crippen molar-refractivity contribution in [3.63, 3.8) is 0 Å². The molecule has 3 heteroatoms. The zero-order valence-corrected chi connectivity index (χ0v) is 16.3. The Bertz CT molecular complexity index is 710. The van der Waals surface area contributed by atoms with Gasteiger partial charge in [0, 0.05) is 17.4 Å². The average molecular weight is 344 g/mol. The zero-order chi connectivity index (χ0) is 18.2. The number of aliphatic hydroxyl groups is 1. The van der Waals surface area contributed by atoms with Crippen LogP contribution in [0.3, 0.4) is 0 Å². The Morgan fingerprint density at radius 3 is 2.68 bits per heavy atom. The van der Waals surface area contributed by atoms with Gasteiger partial charge in [0.25, 0.3) is 0 Å². The molecule has 0 saturated heterocycles. The van der Waals surface area contributed by atoms with Gasteiger partial charge in [-0.1, -0.05) is 27.2 Å². The molecule has 1 N–H and O–H groups in total. The van der Waals surface area contributed by atoms with E-state index in [4.69, 9.17) is 9.15 Å². The molecule has 1 saturated carbocycles. The number of benzene rings is 1. The van der Waals surface area contributed by atoms with E-state index < -0.39 is 5.60 Å². The Labute approximate surface area is 151 Å². The third kappa shape index (κ3) is 3.72. The largest absolute Gasteiger partial charge is 0.497 e. The molecule has 0 unspecified atom stereocenters. The number of ether oxygens (including phenoxy) is 1. The average Bonchev–Trinajstić information content (AvgIpc) is 2.96. The summed E-state index contributed by atoms with van der Waals surface area (Å²) in [6.07, 6.45) is 5.30. The molecule has 2 aromatic rings. The quantitative estimate of drug-likeness (QED) is 0.734. The van der Waals surface area contributed by atoms with Crippen molar-refractivity contribution in [1.82, 2.24) is 0 Å². The van der Waals surface area contributed by atoms with Gasteiger partial charge in [-0.3, -0.25) is 0 Å². The highest BCUT2D eigenvalue weighted by molar-refractivity contribution is 5.79. The molecule has 3 nitrogen and oxygen atoms in total. The Morgan fingerprint density at radius 1 is 1.24 bits per heavy atom. The number of hydrogen-bond donors (Lipinski definition) is 1. The van der Waals surface area contributed by atoms with Crippen molar-refractivity contribution >= 4 is 11.0 Å². The van der Waals surface area contributed by atoms with Crippen LogP contribution in [0.5, 0.6) is 5.75 Å². The molecular formula is C22H32O3. The van der Waals surface area contributed by atoms with E-state index in [0.717, 1.165) is 48.2 Å². The van der Waals surface area contributed by atoms with Crippen molar-refractivity contribution in [2.75, 3.05) is 7.11 Å². The van der Waals surface area contributed by atoms with E-state index in [-0.39, 0.29) is 5.41 Å². The number of fused-ring (bicyclic) bond motifs is 1. The molecule has 0 spiro atoms. The predicted octanol–water partition coefficient (Wildman–Crippen LogP) is 5.90. The molecule has 1 fully saturated rings. The summed E-state index contributed by atoms with van der Waals surface area (Å²) >= 11 is 0. The molecular weight excluding hydrogens is 312 g/mol. The van der Waals surface area contributed by atoms with E-state index >= 15 is 0 Å². The molecule has 0 aliphatic heterocycles. The van der Waals surface area contributed by atoms with Crippen LogP contribution in [0.25, 0.3) is 11.0 Å². The molecule has 1 aromatic heterocycles. The van der Waals surface area contributed by atoms with E-state index in [1.165, 1.54) is 6.42 Å². The van der Waals surface area contributed by atoms with Crippen LogP contribution in [0.4, 0.5) is 0 Å². The summed E-state index contributed by atoms with van der Waals surface area (Å²) in [6.45, 7) is 8.86. The summed E-state index contributed by atoms with van der Waals surface area (Å²) < 4.78 is 11.4. The second-order valence-electron chi connectivity index (χ2n) is 8.78. The minimum absolute atomic E-state index is 0.197. The van der Waals surface area contributed by atoms with Gasteiger partial charge in [-0.15, -0.1) is 0 Å². The Balaban J connectivity index is 1.72. The first-order chi connectivity index (χ1) is 11.7. The Hall–Kier alpha value is -1.48. The van der Waals surface area contributed by atoms with E-state index in [9.17, 15) is 5.11 Å². The molecule has 25 heavy (non-hydrogen) atoms. The standard InChI is InChI=1S/C22H32O3/c1-15(7-10-20-21(2,3)11-6-12-22(20,4)23)18-13-16-8-9-17(24-5)14-19(16)25-18/h8-9,13-15,20,23H,6-7,10-12H2,1-5H3/t15-,20+,22+/m1/s1. The first-order valence-electron chi connectivity index (χ1n) is 9.53. The Morgan fingerprint density at radius 2 is 2.00 bits per heavy atom. The normalized spacial score (nSPS) is 27.4. The SMILES string of the molecule is COc1ccc2cc([C@H](C)CC[C@H]3C(C)(C)CCC[C@]3(C)O)oc2c1. The summed E-state index contributed by atoms with van der Waals surface area (Å²) in [5.74, 6) is 2.52. The number of methoxy groups -OCH3 is 1. The summed E-state index contributed by atoms with van der Waals surface area (Å²) in [6, 6.07) is 8.10. The lowest BCUT2D eigenvalue weighted by atomic mass is 9.60. The Kier molecular flexibility index (Phi) is 4.89. The summed E-state index contributed by atoms with van der Waals surface area (Å²) in [5.41, 5.74) is 0.525. The smallest absolute Gasteiger partial charge is 0.137 e. The fourth-order valence-electron chi connectivity index (χ4n) is 4.75. The van der Waals surface area contributed by atoms with Crippen LogP contribution in [-0.4, -0.2) is 17.8 Å². The maximum atomic E-state index is 10.9. The third-order valence-corrected chi connectivity index (χ3v) is 6.32. The molecule has 1 heterocycles. The van der Waals surface area contributed by atoms with Gasteiger partial charge in [0.1, 0.15) is 17.1 Å². The highest BCUT2D eigenvalue weighted by atomic mass is 16.5. The lowest BCUT2D eigenvalue weighted by Gasteiger charge is -2.48. The topological polar surface area (TPSA) is 42.6 Å². The van der Waals surface area contributed by atoms with Gasteiger partial charge < -0.3 is 14.3 Å². The predicted molar refractivity (Wildman–Crippen MR) is 102 cm³/mol. The van der Waals surface area contributed by atoms with Gasteiger partial charge in [-0.05, 0) is 62.1 Å². The minimum atomic E-state index is -0.553. The first kappa shape index (κ1) is 18.3. The first-order valence-corrected chi connectivity index (χ1v) is 9.53. The zero-order valence-electron chi connectivity index (χ0n) is 16.3. The van der Waals surface area contributed by atoms with Crippen LogP contribution in [0, 0.1) is 11.3 Å². The fourth-order valence-corrected chi connectivity index (χ4v) is 4.75. The van der Waals surface area contributed by atoms with Crippen molar-refractivity contribution in [1.29, 1.82) is 0 Å². The van der Waals surface area contributed by atoms with Gasteiger partial charge in [-0.25, -0.2) is 0 Å². The lowest BCUT2D eigenvalue weighted by molar-refractivity contribution is -0.0932. The van der Waals surface area contributed by atoms with Crippen molar-refractivity contribution in [2.24, 2.45) is 11.3 Å². The van der Waals surface area contributed by atoms with Gasteiger partial charge in [0.2, 0.25) is 0 Å². The number of hydrogen-bond acceptors (Lipinski definition) is 3. The van der Waals surface area contributed by atoms with Crippen LogP contribution >= 0.6 is 0 Å². The van der Waals surface area contributed by atoms with Gasteiger partial charge in [-0.2, -0.15) is 0 Å². The second kappa shape index (κ2) is 6.68. The molecule has 1 aliphatic rings. The van der Waals surface area contributed by atoms with Crippen molar-refractivity contribution < 1.29 is 14.3 Å². The second-order valence-corrected chi connectivity index (χ2v) is 8.78. The molecule has 3 atom stereocenters. The monoisotopic (exact) mass is 344 g/mol. The third-order valence-electron chi connectivity index (χ3n) is 6.32. The van der Waals surface area contributed by atoms with E-state index in [2.05, 4.69) is 26.8 Å². The highest BCUT2D eigenvalue weighted by Crippen LogP contribution is 2.49. The van der Waals surface area contributed by atoms with Crippen LogP contribution in [-0.2, 0) is 0 Å². The molecule has 1 aromatic carbocycles. The van der Waals surface area contributed by atoms with Gasteiger partial charge >= 0.3 is 0 Å². The number of furan rings is 1. The van der Waals surface area contributed by atoms with Crippen LogP contribution in [0.2, 0.25) is 0 Å². The van der Waals surface area contributed by atoms with Gasteiger partial charge in [0.05, 0.1) is 12.7 Å². The van der Waals surface area contributed by atoms with Crippen LogP contribution < -0.4 is 4.74 Å². The number of rotatable bonds is 5. The van der Waals surface area contributed by atoms with Crippen molar-refractivity contribution in [3.8, 4) is 5.75 Å². The molecule has 0 radical (unpaired) electrons. The minimum Gasteiger partial charge on any atom is -0.497 e. The summed E-state index contributed by atoms with van der Waals surface area (Å²) in [4.78, 5) is 0.